The Bertz CT molecular complexity index is 851. The largest absolute Gasteiger partial charge is 0.372 e. The van der Waals surface area contributed by atoms with E-state index in [0.717, 1.165) is 11.4 Å². The van der Waals surface area contributed by atoms with Crippen molar-refractivity contribution in [3.8, 4) is 0 Å². The minimum Gasteiger partial charge on any atom is -0.372 e. The Kier molecular flexibility index (Phi) is 6.53. The number of carbonyl (C=O) groups excluding carboxylic acids is 1. The normalized spacial score (nSPS) is 19.0. The number of hydrogen-bond donors (Lipinski definition) is 2. The third-order valence-electron chi connectivity index (χ3n) is 4.70. The Hall–Kier alpha value is -2.87. The van der Waals surface area contributed by atoms with Crippen molar-refractivity contribution in [3.63, 3.8) is 0 Å². The first-order valence-electron chi connectivity index (χ1n) is 9.69. The molecule has 2 aromatic rings. The number of benzene rings is 1. The molecule has 0 saturated carbocycles. The van der Waals surface area contributed by atoms with E-state index in [0.29, 0.717) is 31.0 Å². The first kappa shape index (κ1) is 20.9. The van der Waals surface area contributed by atoms with Gasteiger partial charge in [0.15, 0.2) is 0 Å². The fraction of sp³-hybridized carbons (Fsp3) is 0.429. The van der Waals surface area contributed by atoms with Crippen LogP contribution in [0.3, 0.4) is 0 Å². The van der Waals surface area contributed by atoms with Gasteiger partial charge in [-0.25, -0.2) is 14.2 Å². The SMILES string of the molecule is CC1CN(c2ccc(NC(=O)NCc3cccnc3N(C)C)cc2F)CC(C)O1. The van der Waals surface area contributed by atoms with Crippen molar-refractivity contribution in [2.75, 3.05) is 42.3 Å². The zero-order valence-corrected chi connectivity index (χ0v) is 17.3. The number of nitrogens with one attached hydrogen (secondary N) is 2. The summed E-state index contributed by atoms with van der Waals surface area (Å²) in [6, 6.07) is 8.07. The summed E-state index contributed by atoms with van der Waals surface area (Å²) in [6.45, 7) is 5.54. The van der Waals surface area contributed by atoms with Gasteiger partial charge in [-0.3, -0.25) is 0 Å². The van der Waals surface area contributed by atoms with E-state index < -0.39 is 6.03 Å². The van der Waals surface area contributed by atoms with Crippen molar-refractivity contribution in [3.05, 3.63) is 47.9 Å². The number of ether oxygens (including phenoxy) is 1. The van der Waals surface area contributed by atoms with Crippen molar-refractivity contribution < 1.29 is 13.9 Å². The highest BCUT2D eigenvalue weighted by molar-refractivity contribution is 5.89. The van der Waals surface area contributed by atoms with Crippen LogP contribution in [-0.2, 0) is 11.3 Å². The molecule has 1 aromatic carbocycles. The molecule has 2 unspecified atom stereocenters. The van der Waals surface area contributed by atoms with E-state index >= 15 is 0 Å². The van der Waals surface area contributed by atoms with E-state index in [1.165, 1.54) is 6.07 Å². The Morgan fingerprint density at radius 3 is 2.66 bits per heavy atom. The lowest BCUT2D eigenvalue weighted by atomic mass is 10.2. The molecule has 1 fully saturated rings. The minimum atomic E-state index is -0.403. The third kappa shape index (κ3) is 5.35. The lowest BCUT2D eigenvalue weighted by molar-refractivity contribution is -0.00539. The zero-order chi connectivity index (χ0) is 21.0. The fourth-order valence-electron chi connectivity index (χ4n) is 3.54. The summed E-state index contributed by atoms with van der Waals surface area (Å²) >= 11 is 0. The maximum Gasteiger partial charge on any atom is 0.319 e. The van der Waals surface area contributed by atoms with Crippen LogP contribution < -0.4 is 20.4 Å². The van der Waals surface area contributed by atoms with Crippen LogP contribution in [-0.4, -0.2) is 50.4 Å². The van der Waals surface area contributed by atoms with Gasteiger partial charge in [-0.15, -0.1) is 0 Å². The fourth-order valence-corrected chi connectivity index (χ4v) is 3.54. The molecular formula is C21H28FN5O2. The number of rotatable bonds is 5. The smallest absolute Gasteiger partial charge is 0.319 e. The van der Waals surface area contributed by atoms with Crippen molar-refractivity contribution in [2.24, 2.45) is 0 Å². The number of nitrogens with zero attached hydrogens (tertiary/aromatic N) is 3. The first-order chi connectivity index (χ1) is 13.8. The molecule has 8 heteroatoms. The number of amides is 2. The molecule has 0 radical (unpaired) electrons. The molecule has 1 aliphatic rings. The van der Waals surface area contributed by atoms with E-state index in [-0.39, 0.29) is 18.0 Å². The molecule has 29 heavy (non-hydrogen) atoms. The minimum absolute atomic E-state index is 0.0428. The van der Waals surface area contributed by atoms with E-state index in [9.17, 15) is 9.18 Å². The highest BCUT2D eigenvalue weighted by Gasteiger charge is 2.24. The summed E-state index contributed by atoms with van der Waals surface area (Å²) in [4.78, 5) is 20.4. The van der Waals surface area contributed by atoms with Gasteiger partial charge in [0.1, 0.15) is 11.6 Å². The topological polar surface area (TPSA) is 69.7 Å². The van der Waals surface area contributed by atoms with Crippen LogP contribution in [0.25, 0.3) is 0 Å². The monoisotopic (exact) mass is 401 g/mol. The lowest BCUT2D eigenvalue weighted by Crippen LogP contribution is -2.45. The van der Waals surface area contributed by atoms with Gasteiger partial charge in [-0.05, 0) is 38.1 Å². The summed E-state index contributed by atoms with van der Waals surface area (Å²) in [5, 5.41) is 5.47. The Morgan fingerprint density at radius 2 is 2.00 bits per heavy atom. The first-order valence-corrected chi connectivity index (χ1v) is 9.69. The predicted octanol–water partition coefficient (Wildman–Crippen LogP) is 3.22. The summed E-state index contributed by atoms with van der Waals surface area (Å²) in [7, 11) is 3.79. The van der Waals surface area contributed by atoms with Crippen molar-refractivity contribution >= 4 is 23.2 Å². The molecule has 1 aromatic heterocycles. The van der Waals surface area contributed by atoms with E-state index in [1.807, 2.05) is 49.9 Å². The second kappa shape index (κ2) is 9.09. The molecule has 3 rings (SSSR count). The average Bonchev–Trinajstić information content (AvgIpc) is 2.66. The van der Waals surface area contributed by atoms with Gasteiger partial charge < -0.3 is 25.2 Å². The van der Waals surface area contributed by atoms with E-state index in [4.69, 9.17) is 4.74 Å². The number of anilines is 3. The number of morpholine rings is 1. The van der Waals surface area contributed by atoms with E-state index in [1.54, 1.807) is 18.3 Å². The zero-order valence-electron chi connectivity index (χ0n) is 17.3. The van der Waals surface area contributed by atoms with Crippen molar-refractivity contribution in [1.82, 2.24) is 10.3 Å². The molecule has 1 aliphatic heterocycles. The second-order valence-corrected chi connectivity index (χ2v) is 7.52. The van der Waals surface area contributed by atoms with Crippen LogP contribution in [0.5, 0.6) is 0 Å². The Labute approximate surface area is 170 Å². The highest BCUT2D eigenvalue weighted by atomic mass is 19.1. The van der Waals surface area contributed by atoms with Crippen molar-refractivity contribution in [2.45, 2.75) is 32.6 Å². The standard InChI is InChI=1S/C21H28FN5O2/c1-14-12-27(13-15(2)29-14)19-8-7-17(10-18(19)22)25-21(28)24-11-16-6-5-9-23-20(16)26(3)4/h5-10,14-15H,11-13H2,1-4H3,(H2,24,25,28). The quantitative estimate of drug-likeness (QED) is 0.805. The average molecular weight is 401 g/mol. The number of halogens is 1. The molecule has 156 valence electrons. The van der Waals surface area contributed by atoms with Crippen LogP contribution >= 0.6 is 0 Å². The van der Waals surface area contributed by atoms with Gasteiger partial charge in [0.25, 0.3) is 0 Å². The summed E-state index contributed by atoms with van der Waals surface area (Å²) in [6.07, 6.45) is 1.79. The number of urea groups is 1. The number of carbonyl (C=O) groups is 1. The molecular weight excluding hydrogens is 373 g/mol. The molecule has 0 bridgehead atoms. The van der Waals surface area contributed by atoms with Gasteiger partial charge >= 0.3 is 6.03 Å². The van der Waals surface area contributed by atoms with Crippen LogP contribution in [0.15, 0.2) is 36.5 Å². The maximum absolute atomic E-state index is 14.7. The van der Waals surface area contributed by atoms with Crippen molar-refractivity contribution in [1.29, 1.82) is 0 Å². The molecule has 2 amide bonds. The van der Waals surface area contributed by atoms with Gasteiger partial charge in [-0.2, -0.15) is 0 Å². The van der Waals surface area contributed by atoms with Gasteiger partial charge in [-0.1, -0.05) is 6.07 Å². The molecule has 2 atom stereocenters. The van der Waals surface area contributed by atoms with Gasteiger partial charge in [0.05, 0.1) is 17.9 Å². The second-order valence-electron chi connectivity index (χ2n) is 7.52. The van der Waals surface area contributed by atoms with Gasteiger partial charge in [0, 0.05) is 51.2 Å². The summed E-state index contributed by atoms with van der Waals surface area (Å²) < 4.78 is 20.4. The highest BCUT2D eigenvalue weighted by Crippen LogP contribution is 2.26. The molecule has 1 saturated heterocycles. The van der Waals surface area contributed by atoms with Gasteiger partial charge in [0.2, 0.25) is 0 Å². The Morgan fingerprint density at radius 1 is 1.28 bits per heavy atom. The van der Waals surface area contributed by atoms with Crippen LogP contribution in [0.1, 0.15) is 19.4 Å². The molecule has 2 N–H and O–H groups in total. The summed E-state index contributed by atoms with van der Waals surface area (Å²) in [5.74, 6) is 0.420. The van der Waals surface area contributed by atoms with E-state index in [2.05, 4.69) is 15.6 Å². The summed E-state index contributed by atoms with van der Waals surface area (Å²) in [5.41, 5.74) is 1.81. The van der Waals surface area contributed by atoms with Crippen LogP contribution in [0.2, 0.25) is 0 Å². The molecule has 0 aliphatic carbocycles. The maximum atomic E-state index is 14.7. The lowest BCUT2D eigenvalue weighted by Gasteiger charge is -2.37. The Balaban J connectivity index is 1.61. The molecule has 2 heterocycles. The number of aromatic nitrogens is 1. The number of hydrogen-bond acceptors (Lipinski definition) is 5. The molecule has 7 nitrogen and oxygen atoms in total. The number of pyridine rings is 1. The predicted molar refractivity (Wildman–Crippen MR) is 113 cm³/mol. The van der Waals surface area contributed by atoms with Crippen LogP contribution in [0, 0.1) is 5.82 Å². The van der Waals surface area contributed by atoms with Crippen LogP contribution in [0.4, 0.5) is 26.4 Å². The molecule has 0 spiro atoms. The third-order valence-corrected chi connectivity index (χ3v) is 4.70.